The molecule has 0 fully saturated rings. The first-order valence-corrected chi connectivity index (χ1v) is 6.51. The van der Waals surface area contributed by atoms with Crippen LogP contribution in [-0.4, -0.2) is 19.0 Å². The molecule has 1 aromatic rings. The van der Waals surface area contributed by atoms with Gasteiger partial charge < -0.3 is 10.6 Å². The van der Waals surface area contributed by atoms with Crippen molar-refractivity contribution in [3.05, 3.63) is 21.9 Å². The molecule has 1 heterocycles. The van der Waals surface area contributed by atoms with Crippen LogP contribution in [0.3, 0.4) is 0 Å². The Hall–Kier alpha value is -0.870. The van der Waals surface area contributed by atoms with Gasteiger partial charge >= 0.3 is 0 Å². The van der Waals surface area contributed by atoms with Gasteiger partial charge in [-0.3, -0.25) is 4.79 Å². The highest BCUT2D eigenvalue weighted by Gasteiger charge is 2.10. The maximum Gasteiger partial charge on any atom is 0.221 e. The number of rotatable bonds is 6. The van der Waals surface area contributed by atoms with Crippen molar-refractivity contribution in [3.8, 4) is 0 Å². The van der Waals surface area contributed by atoms with E-state index in [0.29, 0.717) is 6.42 Å². The van der Waals surface area contributed by atoms with E-state index in [1.54, 1.807) is 11.3 Å². The molecule has 0 spiro atoms. The van der Waals surface area contributed by atoms with E-state index in [1.807, 2.05) is 13.8 Å². The Kier molecular flexibility index (Phi) is 5.49. The molecule has 0 saturated heterocycles. The van der Waals surface area contributed by atoms with Crippen LogP contribution in [0.5, 0.6) is 0 Å². The molecule has 0 saturated carbocycles. The average molecular weight is 240 g/mol. The standard InChI is InChI=1S/C12H20N2OS/c1-4-13-8-7-12(15)14-10(3)11-6-5-9(2)16-11/h5-6,10,13H,4,7-8H2,1-3H3,(H,14,15). The Morgan fingerprint density at radius 2 is 2.25 bits per heavy atom. The lowest BCUT2D eigenvalue weighted by Gasteiger charge is -2.12. The molecule has 0 radical (unpaired) electrons. The molecule has 0 aliphatic heterocycles. The fraction of sp³-hybridized carbons (Fsp3) is 0.583. The maximum atomic E-state index is 11.6. The number of carbonyl (C=O) groups is 1. The van der Waals surface area contributed by atoms with Gasteiger partial charge in [0.1, 0.15) is 0 Å². The first kappa shape index (κ1) is 13.2. The monoisotopic (exact) mass is 240 g/mol. The topological polar surface area (TPSA) is 41.1 Å². The second-order valence-electron chi connectivity index (χ2n) is 3.84. The van der Waals surface area contributed by atoms with Crippen LogP contribution in [0.1, 0.15) is 36.1 Å². The number of hydrogen-bond donors (Lipinski definition) is 2. The zero-order valence-electron chi connectivity index (χ0n) is 10.2. The summed E-state index contributed by atoms with van der Waals surface area (Å²) in [7, 11) is 0. The third-order valence-electron chi connectivity index (χ3n) is 2.34. The van der Waals surface area contributed by atoms with Gasteiger partial charge in [0.05, 0.1) is 6.04 Å². The van der Waals surface area contributed by atoms with Crippen molar-refractivity contribution < 1.29 is 4.79 Å². The van der Waals surface area contributed by atoms with E-state index in [4.69, 9.17) is 0 Å². The quantitative estimate of drug-likeness (QED) is 0.749. The molecule has 0 aliphatic carbocycles. The molecule has 1 rings (SSSR count). The Morgan fingerprint density at radius 3 is 2.81 bits per heavy atom. The summed E-state index contributed by atoms with van der Waals surface area (Å²) in [6.45, 7) is 7.80. The minimum atomic E-state index is 0.111. The molecule has 0 aliphatic rings. The van der Waals surface area contributed by atoms with Crippen LogP contribution >= 0.6 is 11.3 Å². The van der Waals surface area contributed by atoms with Crippen molar-refractivity contribution >= 4 is 17.2 Å². The van der Waals surface area contributed by atoms with Crippen molar-refractivity contribution in [1.29, 1.82) is 0 Å². The van der Waals surface area contributed by atoms with Gasteiger partial charge in [0.2, 0.25) is 5.91 Å². The number of carbonyl (C=O) groups excluding carboxylic acids is 1. The van der Waals surface area contributed by atoms with Crippen LogP contribution in [0.15, 0.2) is 12.1 Å². The lowest BCUT2D eigenvalue weighted by Crippen LogP contribution is -2.29. The summed E-state index contributed by atoms with van der Waals surface area (Å²) in [5.74, 6) is 0.111. The molecule has 1 unspecified atom stereocenters. The number of thiophene rings is 1. The molecule has 16 heavy (non-hydrogen) atoms. The van der Waals surface area contributed by atoms with Crippen LogP contribution in [0.2, 0.25) is 0 Å². The molecule has 1 atom stereocenters. The predicted molar refractivity (Wildman–Crippen MR) is 68.8 cm³/mol. The molecule has 90 valence electrons. The third-order valence-corrected chi connectivity index (χ3v) is 3.53. The zero-order valence-corrected chi connectivity index (χ0v) is 11.0. The van der Waals surface area contributed by atoms with E-state index >= 15 is 0 Å². The summed E-state index contributed by atoms with van der Waals surface area (Å²) in [4.78, 5) is 14.1. The fourth-order valence-electron chi connectivity index (χ4n) is 1.45. The Labute approximate surface area is 101 Å². The van der Waals surface area contributed by atoms with Crippen molar-refractivity contribution in [3.63, 3.8) is 0 Å². The molecule has 2 N–H and O–H groups in total. The van der Waals surface area contributed by atoms with Gasteiger partial charge in [0.15, 0.2) is 0 Å². The van der Waals surface area contributed by atoms with E-state index in [-0.39, 0.29) is 11.9 Å². The normalized spacial score (nSPS) is 12.4. The Bertz CT molecular complexity index is 336. The van der Waals surface area contributed by atoms with Crippen LogP contribution in [0.25, 0.3) is 0 Å². The highest BCUT2D eigenvalue weighted by molar-refractivity contribution is 7.12. The van der Waals surface area contributed by atoms with E-state index in [1.165, 1.54) is 9.75 Å². The van der Waals surface area contributed by atoms with Gasteiger partial charge in [-0.2, -0.15) is 0 Å². The van der Waals surface area contributed by atoms with Gasteiger partial charge in [0.25, 0.3) is 0 Å². The zero-order chi connectivity index (χ0) is 12.0. The molecule has 3 nitrogen and oxygen atoms in total. The summed E-state index contributed by atoms with van der Waals surface area (Å²) in [5.41, 5.74) is 0. The molecule has 1 amide bonds. The molecule has 0 bridgehead atoms. The van der Waals surface area contributed by atoms with Crippen LogP contribution in [0.4, 0.5) is 0 Å². The molecular formula is C12H20N2OS. The first-order valence-electron chi connectivity index (χ1n) is 5.70. The summed E-state index contributed by atoms with van der Waals surface area (Å²) in [6.07, 6.45) is 0.544. The van der Waals surface area contributed by atoms with Crippen LogP contribution in [0, 0.1) is 6.92 Å². The van der Waals surface area contributed by atoms with Gasteiger partial charge in [-0.25, -0.2) is 0 Å². The van der Waals surface area contributed by atoms with Crippen LogP contribution in [-0.2, 0) is 4.79 Å². The van der Waals surface area contributed by atoms with E-state index < -0.39 is 0 Å². The highest BCUT2D eigenvalue weighted by Crippen LogP contribution is 2.22. The lowest BCUT2D eigenvalue weighted by atomic mass is 10.2. The minimum Gasteiger partial charge on any atom is -0.349 e. The third kappa shape index (κ3) is 4.33. The average Bonchev–Trinajstić information content (AvgIpc) is 2.65. The second kappa shape index (κ2) is 6.66. The molecule has 4 heteroatoms. The van der Waals surface area contributed by atoms with Gasteiger partial charge in [-0.05, 0) is 32.5 Å². The van der Waals surface area contributed by atoms with E-state index in [0.717, 1.165) is 13.1 Å². The predicted octanol–water partition coefficient (Wildman–Crippen LogP) is 2.23. The number of amides is 1. The molecule has 0 aromatic carbocycles. The van der Waals surface area contributed by atoms with Crippen LogP contribution < -0.4 is 10.6 Å². The van der Waals surface area contributed by atoms with Crippen molar-refractivity contribution in [2.45, 2.75) is 33.2 Å². The van der Waals surface area contributed by atoms with E-state index in [9.17, 15) is 4.79 Å². The largest absolute Gasteiger partial charge is 0.349 e. The Morgan fingerprint density at radius 1 is 1.50 bits per heavy atom. The van der Waals surface area contributed by atoms with Crippen molar-refractivity contribution in [1.82, 2.24) is 10.6 Å². The van der Waals surface area contributed by atoms with E-state index in [2.05, 4.69) is 29.7 Å². The number of nitrogens with one attached hydrogen (secondary N) is 2. The molecular weight excluding hydrogens is 220 g/mol. The summed E-state index contributed by atoms with van der Waals surface area (Å²) in [5, 5.41) is 6.14. The highest BCUT2D eigenvalue weighted by atomic mass is 32.1. The van der Waals surface area contributed by atoms with Crippen molar-refractivity contribution in [2.75, 3.05) is 13.1 Å². The Balaban J connectivity index is 2.33. The second-order valence-corrected chi connectivity index (χ2v) is 5.16. The maximum absolute atomic E-state index is 11.6. The first-order chi connectivity index (χ1) is 7.63. The number of aryl methyl sites for hydroxylation is 1. The smallest absolute Gasteiger partial charge is 0.221 e. The van der Waals surface area contributed by atoms with Gasteiger partial charge in [-0.15, -0.1) is 11.3 Å². The van der Waals surface area contributed by atoms with Crippen molar-refractivity contribution in [2.24, 2.45) is 0 Å². The molecule has 1 aromatic heterocycles. The summed E-state index contributed by atoms with van der Waals surface area (Å²) < 4.78 is 0. The van der Waals surface area contributed by atoms with Gasteiger partial charge in [0, 0.05) is 22.7 Å². The fourth-order valence-corrected chi connectivity index (χ4v) is 2.33. The number of hydrogen-bond acceptors (Lipinski definition) is 3. The summed E-state index contributed by atoms with van der Waals surface area (Å²) in [6, 6.07) is 4.28. The lowest BCUT2D eigenvalue weighted by molar-refractivity contribution is -0.121. The minimum absolute atomic E-state index is 0.111. The summed E-state index contributed by atoms with van der Waals surface area (Å²) >= 11 is 1.74. The SMILES string of the molecule is CCNCCC(=O)NC(C)c1ccc(C)s1. The van der Waals surface area contributed by atoms with Gasteiger partial charge in [-0.1, -0.05) is 6.92 Å².